The lowest BCUT2D eigenvalue weighted by molar-refractivity contribution is -0.274. The molecule has 0 spiro atoms. The fraction of sp³-hybridized carbons (Fsp3) is 0.353. The van der Waals surface area contributed by atoms with Crippen molar-refractivity contribution < 1.29 is 22.7 Å². The van der Waals surface area contributed by atoms with Crippen LogP contribution >= 0.6 is 0 Å². The van der Waals surface area contributed by atoms with Crippen LogP contribution in [0.15, 0.2) is 35.4 Å². The van der Waals surface area contributed by atoms with Crippen molar-refractivity contribution in [1.82, 2.24) is 29.4 Å². The predicted molar refractivity (Wildman–Crippen MR) is 95.5 cm³/mol. The Hall–Kier alpha value is -3.44. The third-order valence-corrected chi connectivity index (χ3v) is 4.17. The van der Waals surface area contributed by atoms with Gasteiger partial charge in [0, 0.05) is 13.1 Å². The summed E-state index contributed by atoms with van der Waals surface area (Å²) in [5.41, 5.74) is -0.147. The smallest absolute Gasteiger partial charge is 0.406 e. The van der Waals surface area contributed by atoms with Crippen LogP contribution in [0, 0.1) is 0 Å². The topological polar surface area (TPSA) is 95.1 Å². The van der Waals surface area contributed by atoms with E-state index in [0.717, 1.165) is 16.7 Å². The van der Waals surface area contributed by atoms with Crippen LogP contribution in [-0.2, 0) is 11.3 Å². The lowest BCUT2D eigenvalue weighted by Gasteiger charge is -2.18. The molecule has 0 atom stereocenters. The molecule has 2 heterocycles. The SMILES string of the molecule is CCN(CC)C(=O)Cn1cnc2c(nnn2-c2ccc(OC(F)(F)F)cc2)c1=O. The van der Waals surface area contributed by atoms with E-state index < -0.39 is 17.7 Å². The first-order valence-electron chi connectivity index (χ1n) is 8.68. The number of fused-ring (bicyclic) bond motifs is 1. The Morgan fingerprint density at radius 2 is 1.83 bits per heavy atom. The van der Waals surface area contributed by atoms with E-state index in [1.807, 2.05) is 13.8 Å². The molecule has 1 amide bonds. The quantitative estimate of drug-likeness (QED) is 0.615. The van der Waals surface area contributed by atoms with Gasteiger partial charge in [-0.05, 0) is 38.1 Å². The molecule has 9 nitrogen and oxygen atoms in total. The van der Waals surface area contributed by atoms with E-state index in [1.54, 1.807) is 4.90 Å². The number of hydrogen-bond donors (Lipinski definition) is 0. The third kappa shape index (κ3) is 4.36. The third-order valence-electron chi connectivity index (χ3n) is 4.17. The number of alkyl halides is 3. The monoisotopic (exact) mass is 410 g/mol. The van der Waals surface area contributed by atoms with Gasteiger partial charge in [0.25, 0.3) is 5.56 Å². The zero-order valence-corrected chi connectivity index (χ0v) is 15.5. The van der Waals surface area contributed by atoms with Gasteiger partial charge in [0.15, 0.2) is 11.2 Å². The van der Waals surface area contributed by atoms with Crippen molar-refractivity contribution >= 4 is 17.1 Å². The highest BCUT2D eigenvalue weighted by Gasteiger charge is 2.31. The van der Waals surface area contributed by atoms with E-state index >= 15 is 0 Å². The summed E-state index contributed by atoms with van der Waals surface area (Å²) >= 11 is 0. The highest BCUT2D eigenvalue weighted by atomic mass is 19.4. The first-order chi connectivity index (χ1) is 13.7. The van der Waals surface area contributed by atoms with E-state index in [2.05, 4.69) is 20.0 Å². The predicted octanol–water partition coefficient (Wildman–Crippen LogP) is 1.74. The van der Waals surface area contributed by atoms with E-state index in [4.69, 9.17) is 0 Å². The number of likely N-dealkylation sites (N-methyl/N-ethyl adjacent to an activating group) is 1. The number of hydrogen-bond acceptors (Lipinski definition) is 6. The largest absolute Gasteiger partial charge is 0.573 e. The molecule has 154 valence electrons. The molecule has 0 unspecified atom stereocenters. The molecule has 0 aliphatic carbocycles. The van der Waals surface area contributed by atoms with Crippen LogP contribution in [0.3, 0.4) is 0 Å². The van der Waals surface area contributed by atoms with Crippen molar-refractivity contribution in [2.45, 2.75) is 26.8 Å². The number of halogens is 3. The zero-order chi connectivity index (χ0) is 21.2. The van der Waals surface area contributed by atoms with E-state index in [-0.39, 0.29) is 23.6 Å². The van der Waals surface area contributed by atoms with Gasteiger partial charge in [-0.2, -0.15) is 4.68 Å². The van der Waals surface area contributed by atoms with Crippen LogP contribution in [0.4, 0.5) is 13.2 Å². The van der Waals surface area contributed by atoms with Gasteiger partial charge >= 0.3 is 6.36 Å². The Morgan fingerprint density at radius 3 is 2.41 bits per heavy atom. The molecule has 0 N–H and O–H groups in total. The minimum absolute atomic E-state index is 0.0598. The Labute approximate surface area is 162 Å². The van der Waals surface area contributed by atoms with Crippen LogP contribution in [0.5, 0.6) is 5.75 Å². The number of ether oxygens (including phenoxy) is 1. The fourth-order valence-corrected chi connectivity index (χ4v) is 2.74. The van der Waals surface area contributed by atoms with Crippen molar-refractivity contribution in [2.75, 3.05) is 13.1 Å². The molecule has 0 saturated carbocycles. The minimum Gasteiger partial charge on any atom is -0.406 e. The number of carbonyl (C=O) groups is 1. The molecular formula is C17H17F3N6O3. The summed E-state index contributed by atoms with van der Waals surface area (Å²) in [6, 6.07) is 4.87. The normalized spacial score (nSPS) is 11.6. The molecule has 1 aromatic carbocycles. The maximum Gasteiger partial charge on any atom is 0.573 e. The Bertz CT molecular complexity index is 1070. The summed E-state index contributed by atoms with van der Waals surface area (Å²) in [6.07, 6.45) is -3.58. The van der Waals surface area contributed by atoms with Gasteiger partial charge < -0.3 is 9.64 Å². The number of amides is 1. The summed E-state index contributed by atoms with van der Waals surface area (Å²) in [5.74, 6) is -0.623. The van der Waals surface area contributed by atoms with Gasteiger partial charge in [-0.3, -0.25) is 14.2 Å². The highest BCUT2D eigenvalue weighted by Crippen LogP contribution is 2.24. The summed E-state index contributed by atoms with van der Waals surface area (Å²) in [4.78, 5) is 30.6. The van der Waals surface area contributed by atoms with Crippen molar-refractivity contribution in [1.29, 1.82) is 0 Å². The molecule has 0 aliphatic heterocycles. The Balaban J connectivity index is 1.90. The van der Waals surface area contributed by atoms with E-state index in [1.165, 1.54) is 23.1 Å². The molecule has 0 aliphatic rings. The first-order valence-corrected chi connectivity index (χ1v) is 8.68. The molecule has 0 saturated heterocycles. The average molecular weight is 410 g/mol. The molecule has 29 heavy (non-hydrogen) atoms. The summed E-state index contributed by atoms with van der Waals surface area (Å²) in [6.45, 7) is 4.53. The Morgan fingerprint density at radius 1 is 1.17 bits per heavy atom. The number of nitrogens with zero attached hydrogens (tertiary/aromatic N) is 6. The highest BCUT2D eigenvalue weighted by molar-refractivity contribution is 5.76. The van der Waals surface area contributed by atoms with Crippen LogP contribution < -0.4 is 10.3 Å². The van der Waals surface area contributed by atoms with Crippen molar-refractivity contribution in [2.24, 2.45) is 0 Å². The van der Waals surface area contributed by atoms with Gasteiger partial charge in [0.2, 0.25) is 5.91 Å². The van der Waals surface area contributed by atoms with Crippen LogP contribution in [0.1, 0.15) is 13.8 Å². The molecular weight excluding hydrogens is 393 g/mol. The van der Waals surface area contributed by atoms with Crippen LogP contribution in [0.25, 0.3) is 16.9 Å². The van der Waals surface area contributed by atoms with Crippen LogP contribution in [0.2, 0.25) is 0 Å². The number of benzene rings is 1. The van der Waals surface area contributed by atoms with Crippen molar-refractivity contribution in [3.8, 4) is 11.4 Å². The summed E-state index contributed by atoms with van der Waals surface area (Å²) in [7, 11) is 0. The second-order valence-corrected chi connectivity index (χ2v) is 5.96. The van der Waals surface area contributed by atoms with Crippen molar-refractivity contribution in [3.05, 3.63) is 40.9 Å². The van der Waals surface area contributed by atoms with Gasteiger partial charge in [-0.15, -0.1) is 18.3 Å². The van der Waals surface area contributed by atoms with Crippen LogP contribution in [-0.4, -0.2) is 54.8 Å². The Kier molecular flexibility index (Phi) is 5.52. The average Bonchev–Trinajstić information content (AvgIpc) is 3.09. The molecule has 0 radical (unpaired) electrons. The standard InChI is InChI=1S/C17H17F3N6O3/c1-3-24(4-2)13(27)9-25-10-21-15-14(16(25)28)22-23-26(15)11-5-7-12(8-6-11)29-17(18,19)20/h5-8,10H,3-4,9H2,1-2H3. The second-order valence-electron chi connectivity index (χ2n) is 5.96. The molecule has 0 fully saturated rings. The second kappa shape index (κ2) is 7.89. The van der Waals surface area contributed by atoms with Gasteiger partial charge in [-0.25, -0.2) is 4.98 Å². The zero-order valence-electron chi connectivity index (χ0n) is 15.5. The first kappa shape index (κ1) is 20.3. The molecule has 0 bridgehead atoms. The maximum absolute atomic E-state index is 12.6. The molecule has 3 aromatic rings. The van der Waals surface area contributed by atoms with E-state index in [9.17, 15) is 22.8 Å². The summed E-state index contributed by atoms with van der Waals surface area (Å²) in [5, 5.41) is 7.66. The maximum atomic E-state index is 12.6. The van der Waals surface area contributed by atoms with Gasteiger partial charge in [0.1, 0.15) is 18.6 Å². The molecule has 12 heteroatoms. The summed E-state index contributed by atoms with van der Waals surface area (Å²) < 4.78 is 43.0. The lowest BCUT2D eigenvalue weighted by atomic mass is 10.3. The van der Waals surface area contributed by atoms with E-state index in [0.29, 0.717) is 18.8 Å². The van der Waals surface area contributed by atoms with Gasteiger partial charge in [-0.1, -0.05) is 5.21 Å². The number of aromatic nitrogens is 5. The number of rotatable bonds is 6. The van der Waals surface area contributed by atoms with Crippen molar-refractivity contribution in [3.63, 3.8) is 0 Å². The molecule has 3 rings (SSSR count). The minimum atomic E-state index is -4.79. The van der Waals surface area contributed by atoms with Gasteiger partial charge in [0.05, 0.1) is 5.69 Å². The lowest BCUT2D eigenvalue weighted by Crippen LogP contribution is -2.36. The number of carbonyl (C=O) groups excluding carboxylic acids is 1. The fourth-order valence-electron chi connectivity index (χ4n) is 2.74. The molecule has 2 aromatic heterocycles.